The third-order valence-corrected chi connectivity index (χ3v) is 6.30. The second-order valence-corrected chi connectivity index (χ2v) is 7.50. The van der Waals surface area contributed by atoms with Gasteiger partial charge in [-0.25, -0.2) is 8.42 Å². The number of rotatable bonds is 3. The van der Waals surface area contributed by atoms with E-state index in [9.17, 15) is 8.42 Å². The molecule has 1 saturated carbocycles. The molecule has 1 aromatic carbocycles. The van der Waals surface area contributed by atoms with Crippen LogP contribution in [0.5, 0.6) is 5.75 Å². The van der Waals surface area contributed by atoms with Gasteiger partial charge in [0.15, 0.2) is 0 Å². The number of halogens is 1. The second kappa shape index (κ2) is 4.65. The van der Waals surface area contributed by atoms with Gasteiger partial charge in [-0.3, -0.25) is 0 Å². The molecule has 0 unspecified atom stereocenters. The minimum Gasteiger partial charge on any atom is -0.495 e. The fraction of sp³-hybridized carbons (Fsp3) is 0.538. The molecule has 19 heavy (non-hydrogen) atoms. The van der Waals surface area contributed by atoms with E-state index in [1.165, 1.54) is 13.2 Å². The predicted molar refractivity (Wildman–Crippen MR) is 73.0 cm³/mol. The monoisotopic (exact) mass is 301 g/mol. The van der Waals surface area contributed by atoms with Gasteiger partial charge in [-0.15, -0.1) is 0 Å². The molecule has 3 rings (SSSR count). The topological polar surface area (TPSA) is 46.6 Å². The maximum absolute atomic E-state index is 12.6. The van der Waals surface area contributed by atoms with Crippen molar-refractivity contribution < 1.29 is 13.2 Å². The van der Waals surface area contributed by atoms with Gasteiger partial charge in [-0.1, -0.05) is 11.6 Å². The largest absolute Gasteiger partial charge is 0.495 e. The smallest absolute Gasteiger partial charge is 0.243 e. The molecule has 0 amide bonds. The molecule has 1 heterocycles. The first-order valence-corrected chi connectivity index (χ1v) is 8.19. The summed E-state index contributed by atoms with van der Waals surface area (Å²) in [6, 6.07) is 4.81. The van der Waals surface area contributed by atoms with Gasteiger partial charge >= 0.3 is 0 Å². The van der Waals surface area contributed by atoms with E-state index >= 15 is 0 Å². The molecule has 1 aromatic rings. The summed E-state index contributed by atoms with van der Waals surface area (Å²) in [4.78, 5) is 0.255. The molecule has 104 valence electrons. The van der Waals surface area contributed by atoms with Crippen molar-refractivity contribution in [3.63, 3.8) is 0 Å². The van der Waals surface area contributed by atoms with Crippen LogP contribution in [0.2, 0.25) is 5.02 Å². The molecule has 0 aromatic heterocycles. The van der Waals surface area contributed by atoms with Crippen LogP contribution in [0.3, 0.4) is 0 Å². The minimum atomic E-state index is -3.42. The van der Waals surface area contributed by atoms with Crippen molar-refractivity contribution in [3.8, 4) is 5.75 Å². The van der Waals surface area contributed by atoms with Gasteiger partial charge < -0.3 is 4.74 Å². The van der Waals surface area contributed by atoms with Crippen LogP contribution in [0.1, 0.15) is 19.3 Å². The zero-order valence-corrected chi connectivity index (χ0v) is 12.2. The number of sulfonamides is 1. The van der Waals surface area contributed by atoms with Crippen molar-refractivity contribution in [2.24, 2.45) is 5.92 Å². The van der Waals surface area contributed by atoms with E-state index in [1.54, 1.807) is 16.4 Å². The van der Waals surface area contributed by atoms with Crippen molar-refractivity contribution >= 4 is 21.6 Å². The molecule has 0 N–H and O–H groups in total. The van der Waals surface area contributed by atoms with Crippen LogP contribution in [-0.2, 0) is 10.0 Å². The van der Waals surface area contributed by atoms with Crippen LogP contribution in [0, 0.1) is 5.92 Å². The van der Waals surface area contributed by atoms with Crippen LogP contribution in [0.25, 0.3) is 0 Å². The van der Waals surface area contributed by atoms with Crippen LogP contribution in [0.4, 0.5) is 0 Å². The lowest BCUT2D eigenvalue weighted by Crippen LogP contribution is -2.37. The van der Waals surface area contributed by atoms with Crippen LogP contribution in [-0.4, -0.2) is 32.4 Å². The summed E-state index contributed by atoms with van der Waals surface area (Å²) in [5.41, 5.74) is 0. The molecule has 1 aliphatic carbocycles. The standard InChI is InChI=1S/C13H16ClNO3S/c1-18-13-5-4-11(7-12(13)14)19(16,17)15-8-9-2-3-10(15)6-9/h4-5,7,9-10H,2-3,6,8H2,1H3/t9-,10-/m0/s1. The lowest BCUT2D eigenvalue weighted by atomic mass is 10.1. The van der Waals surface area contributed by atoms with Gasteiger partial charge in [0.2, 0.25) is 10.0 Å². The summed E-state index contributed by atoms with van der Waals surface area (Å²) in [5, 5.41) is 0.327. The average Bonchev–Trinajstić information content (AvgIpc) is 3.01. The van der Waals surface area contributed by atoms with Gasteiger partial charge in [-0.2, -0.15) is 4.31 Å². The van der Waals surface area contributed by atoms with Gasteiger partial charge in [-0.05, 0) is 43.4 Å². The Morgan fingerprint density at radius 1 is 1.37 bits per heavy atom. The minimum absolute atomic E-state index is 0.177. The SMILES string of the molecule is COc1ccc(S(=O)(=O)N2C[C@H]3CC[C@H]2C3)cc1Cl. The van der Waals surface area contributed by atoms with E-state index < -0.39 is 10.0 Å². The highest BCUT2D eigenvalue weighted by Gasteiger charge is 2.44. The highest BCUT2D eigenvalue weighted by Crippen LogP contribution is 2.41. The molecule has 4 nitrogen and oxygen atoms in total. The third kappa shape index (κ3) is 2.14. The lowest BCUT2D eigenvalue weighted by molar-refractivity contribution is 0.333. The Morgan fingerprint density at radius 3 is 2.68 bits per heavy atom. The highest BCUT2D eigenvalue weighted by atomic mass is 35.5. The zero-order valence-electron chi connectivity index (χ0n) is 10.7. The number of methoxy groups -OCH3 is 1. The molecular weight excluding hydrogens is 286 g/mol. The summed E-state index contributed by atoms with van der Waals surface area (Å²) in [6.07, 6.45) is 3.14. The Hall–Kier alpha value is -0.780. The molecule has 2 fully saturated rings. The van der Waals surface area contributed by atoms with Crippen molar-refractivity contribution in [1.82, 2.24) is 4.31 Å². The molecule has 1 saturated heterocycles. The molecule has 0 spiro atoms. The third-order valence-electron chi connectivity index (χ3n) is 4.09. The fourth-order valence-electron chi connectivity index (χ4n) is 3.12. The number of fused-ring (bicyclic) bond motifs is 2. The van der Waals surface area contributed by atoms with Crippen molar-refractivity contribution in [2.45, 2.75) is 30.2 Å². The number of hydrogen-bond acceptors (Lipinski definition) is 3. The maximum Gasteiger partial charge on any atom is 0.243 e. The number of hydrogen-bond donors (Lipinski definition) is 0. The van der Waals surface area contributed by atoms with E-state index in [4.69, 9.17) is 16.3 Å². The van der Waals surface area contributed by atoms with Gasteiger partial charge in [0, 0.05) is 12.6 Å². The summed E-state index contributed by atoms with van der Waals surface area (Å²) in [6.45, 7) is 0.649. The van der Waals surface area contributed by atoms with E-state index in [0.29, 0.717) is 23.2 Å². The van der Waals surface area contributed by atoms with E-state index in [0.717, 1.165) is 19.3 Å². The van der Waals surface area contributed by atoms with Gasteiger partial charge in [0.25, 0.3) is 0 Å². The van der Waals surface area contributed by atoms with E-state index in [-0.39, 0.29) is 10.9 Å². The Bertz CT molecular complexity index is 602. The molecular formula is C13H16ClNO3S. The molecule has 1 aliphatic heterocycles. The molecule has 2 bridgehead atoms. The summed E-state index contributed by atoms with van der Waals surface area (Å²) in [7, 11) is -1.91. The van der Waals surface area contributed by atoms with Crippen molar-refractivity contribution in [1.29, 1.82) is 0 Å². The molecule has 2 atom stereocenters. The lowest BCUT2D eigenvalue weighted by Gasteiger charge is -2.26. The predicted octanol–water partition coefficient (Wildman–Crippen LogP) is 2.52. The zero-order chi connectivity index (χ0) is 13.6. The fourth-order valence-corrected chi connectivity index (χ4v) is 5.21. The number of benzene rings is 1. The van der Waals surface area contributed by atoms with Crippen LogP contribution in [0.15, 0.2) is 23.1 Å². The Kier molecular flexibility index (Phi) is 3.23. The first-order valence-electron chi connectivity index (χ1n) is 6.38. The Balaban J connectivity index is 1.94. The normalized spacial score (nSPS) is 26.8. The average molecular weight is 302 g/mol. The van der Waals surface area contributed by atoms with Crippen molar-refractivity contribution in [2.75, 3.05) is 13.7 Å². The van der Waals surface area contributed by atoms with E-state index in [2.05, 4.69) is 0 Å². The quantitative estimate of drug-likeness (QED) is 0.862. The number of nitrogens with zero attached hydrogens (tertiary/aromatic N) is 1. The van der Waals surface area contributed by atoms with Gasteiger partial charge in [0.1, 0.15) is 5.75 Å². The summed E-state index contributed by atoms with van der Waals surface area (Å²) < 4.78 is 31.9. The van der Waals surface area contributed by atoms with Crippen molar-refractivity contribution in [3.05, 3.63) is 23.2 Å². The maximum atomic E-state index is 12.6. The van der Waals surface area contributed by atoms with Crippen LogP contribution < -0.4 is 4.74 Å². The molecule has 2 aliphatic rings. The van der Waals surface area contributed by atoms with Crippen LogP contribution >= 0.6 is 11.6 Å². The second-order valence-electron chi connectivity index (χ2n) is 5.20. The Morgan fingerprint density at radius 2 is 2.16 bits per heavy atom. The number of ether oxygens (including phenoxy) is 1. The first kappa shape index (κ1) is 13.2. The Labute approximate surface area is 118 Å². The van der Waals surface area contributed by atoms with E-state index in [1.807, 2.05) is 0 Å². The first-order chi connectivity index (χ1) is 9.02. The number of piperidine rings is 1. The highest BCUT2D eigenvalue weighted by molar-refractivity contribution is 7.89. The molecule has 0 radical (unpaired) electrons. The molecule has 6 heteroatoms. The summed E-state index contributed by atoms with van der Waals surface area (Å²) >= 11 is 6.01. The summed E-state index contributed by atoms with van der Waals surface area (Å²) in [5.74, 6) is 1.03. The van der Waals surface area contributed by atoms with Gasteiger partial charge in [0.05, 0.1) is 17.0 Å².